The summed E-state index contributed by atoms with van der Waals surface area (Å²) < 4.78 is 0. The summed E-state index contributed by atoms with van der Waals surface area (Å²) in [7, 11) is 0. The SMILES string of the molecule is CCCCC(CC)C(O)C(CN)c1ccncc1. The maximum Gasteiger partial charge on any atom is 0.0648 e. The fourth-order valence-corrected chi connectivity index (χ4v) is 2.49. The van der Waals surface area contributed by atoms with Crippen molar-refractivity contribution in [1.82, 2.24) is 4.98 Å². The Kier molecular flexibility index (Phi) is 6.91. The summed E-state index contributed by atoms with van der Waals surface area (Å²) in [6.45, 7) is 4.81. The quantitative estimate of drug-likeness (QED) is 0.745. The van der Waals surface area contributed by atoms with Crippen molar-refractivity contribution in [2.24, 2.45) is 11.7 Å². The van der Waals surface area contributed by atoms with Gasteiger partial charge in [-0.3, -0.25) is 4.98 Å². The zero-order valence-electron chi connectivity index (χ0n) is 11.5. The number of hydrogen-bond acceptors (Lipinski definition) is 3. The highest BCUT2D eigenvalue weighted by atomic mass is 16.3. The van der Waals surface area contributed by atoms with Crippen molar-refractivity contribution in [3.8, 4) is 0 Å². The molecule has 1 aromatic heterocycles. The van der Waals surface area contributed by atoms with Gasteiger partial charge in [0.05, 0.1) is 6.10 Å². The molecule has 0 aliphatic rings. The Morgan fingerprint density at radius 1 is 1.28 bits per heavy atom. The Morgan fingerprint density at radius 3 is 2.44 bits per heavy atom. The molecule has 0 fully saturated rings. The van der Waals surface area contributed by atoms with E-state index in [1.54, 1.807) is 12.4 Å². The predicted octanol–water partition coefficient (Wildman–Crippen LogP) is 2.70. The maximum atomic E-state index is 10.5. The van der Waals surface area contributed by atoms with Gasteiger partial charge in [-0.05, 0) is 30.0 Å². The standard InChI is InChI=1S/C15H26N2O/c1-3-5-6-12(4-2)15(18)14(11-16)13-7-9-17-10-8-13/h7-10,12,14-15,18H,3-6,11,16H2,1-2H3. The van der Waals surface area contributed by atoms with E-state index in [1.165, 1.54) is 12.8 Å². The third-order valence-corrected chi connectivity index (χ3v) is 3.74. The van der Waals surface area contributed by atoms with Crippen LogP contribution in [0.15, 0.2) is 24.5 Å². The highest BCUT2D eigenvalue weighted by Crippen LogP contribution is 2.28. The van der Waals surface area contributed by atoms with Crippen molar-refractivity contribution >= 4 is 0 Å². The van der Waals surface area contributed by atoms with Crippen molar-refractivity contribution in [3.63, 3.8) is 0 Å². The van der Waals surface area contributed by atoms with Gasteiger partial charge in [-0.1, -0.05) is 33.1 Å². The zero-order valence-corrected chi connectivity index (χ0v) is 11.5. The number of nitrogens with zero attached hydrogens (tertiary/aromatic N) is 1. The number of hydrogen-bond donors (Lipinski definition) is 2. The Bertz CT molecular complexity index is 316. The average Bonchev–Trinajstić information content (AvgIpc) is 2.42. The minimum Gasteiger partial charge on any atom is -0.392 e. The first kappa shape index (κ1) is 15.1. The number of aliphatic hydroxyl groups is 1. The Labute approximate surface area is 110 Å². The maximum absolute atomic E-state index is 10.5. The van der Waals surface area contributed by atoms with Crippen LogP contribution in [0.2, 0.25) is 0 Å². The molecule has 0 bridgehead atoms. The van der Waals surface area contributed by atoms with Crippen LogP contribution in [0.25, 0.3) is 0 Å². The van der Waals surface area contributed by atoms with Crippen LogP contribution >= 0.6 is 0 Å². The number of aromatic nitrogens is 1. The molecule has 0 saturated carbocycles. The molecule has 1 heterocycles. The lowest BCUT2D eigenvalue weighted by Gasteiger charge is -2.29. The summed E-state index contributed by atoms with van der Waals surface area (Å²) in [6.07, 6.45) is 7.59. The summed E-state index contributed by atoms with van der Waals surface area (Å²) in [5.74, 6) is 0.362. The van der Waals surface area contributed by atoms with E-state index in [4.69, 9.17) is 5.73 Å². The summed E-state index contributed by atoms with van der Waals surface area (Å²) in [6, 6.07) is 3.90. The largest absolute Gasteiger partial charge is 0.392 e. The monoisotopic (exact) mass is 250 g/mol. The van der Waals surface area contributed by atoms with E-state index in [-0.39, 0.29) is 12.0 Å². The number of pyridine rings is 1. The number of unbranched alkanes of at least 4 members (excludes halogenated alkanes) is 1. The van der Waals surface area contributed by atoms with Crippen LogP contribution in [0.4, 0.5) is 0 Å². The molecular weight excluding hydrogens is 224 g/mol. The molecule has 0 saturated heterocycles. The van der Waals surface area contributed by atoms with E-state index in [1.807, 2.05) is 12.1 Å². The molecule has 0 aliphatic carbocycles. The van der Waals surface area contributed by atoms with Gasteiger partial charge in [-0.15, -0.1) is 0 Å². The third kappa shape index (κ3) is 4.07. The first-order valence-corrected chi connectivity index (χ1v) is 7.02. The molecular formula is C15H26N2O. The van der Waals surface area contributed by atoms with Crippen LogP contribution in [0.3, 0.4) is 0 Å². The molecule has 3 unspecified atom stereocenters. The van der Waals surface area contributed by atoms with E-state index in [9.17, 15) is 5.11 Å². The van der Waals surface area contributed by atoms with Crippen LogP contribution in [0.1, 0.15) is 51.0 Å². The molecule has 18 heavy (non-hydrogen) atoms. The summed E-state index contributed by atoms with van der Waals surface area (Å²) in [4.78, 5) is 4.01. The second-order valence-electron chi connectivity index (χ2n) is 4.92. The molecule has 3 N–H and O–H groups in total. The van der Waals surface area contributed by atoms with Crippen LogP contribution < -0.4 is 5.73 Å². The summed E-state index contributed by atoms with van der Waals surface area (Å²) in [5.41, 5.74) is 6.94. The second kappa shape index (κ2) is 8.22. The lowest BCUT2D eigenvalue weighted by atomic mass is 9.82. The fourth-order valence-electron chi connectivity index (χ4n) is 2.49. The topological polar surface area (TPSA) is 59.1 Å². The van der Waals surface area contributed by atoms with Crippen molar-refractivity contribution in [2.45, 2.75) is 51.6 Å². The number of rotatable bonds is 8. The summed E-state index contributed by atoms with van der Waals surface area (Å²) >= 11 is 0. The summed E-state index contributed by atoms with van der Waals surface area (Å²) in [5, 5.41) is 10.5. The highest BCUT2D eigenvalue weighted by Gasteiger charge is 2.26. The smallest absolute Gasteiger partial charge is 0.0648 e. The molecule has 102 valence electrons. The lowest BCUT2D eigenvalue weighted by Crippen LogP contribution is -2.32. The zero-order chi connectivity index (χ0) is 13.4. The second-order valence-corrected chi connectivity index (χ2v) is 4.92. The van der Waals surface area contributed by atoms with Gasteiger partial charge in [0.15, 0.2) is 0 Å². The van der Waals surface area contributed by atoms with Crippen molar-refractivity contribution in [1.29, 1.82) is 0 Å². The van der Waals surface area contributed by atoms with Gasteiger partial charge in [0, 0.05) is 24.9 Å². The van der Waals surface area contributed by atoms with E-state index in [0.29, 0.717) is 12.5 Å². The van der Waals surface area contributed by atoms with Gasteiger partial charge in [0.25, 0.3) is 0 Å². The Hall–Kier alpha value is -0.930. The van der Waals surface area contributed by atoms with E-state index in [0.717, 1.165) is 18.4 Å². The molecule has 3 atom stereocenters. The number of aliphatic hydroxyl groups excluding tert-OH is 1. The molecule has 3 nitrogen and oxygen atoms in total. The minimum absolute atomic E-state index is 0.0230. The highest BCUT2D eigenvalue weighted by molar-refractivity contribution is 5.18. The van der Waals surface area contributed by atoms with Crippen LogP contribution in [-0.4, -0.2) is 22.7 Å². The fraction of sp³-hybridized carbons (Fsp3) is 0.667. The van der Waals surface area contributed by atoms with Gasteiger partial charge in [0.2, 0.25) is 0 Å². The van der Waals surface area contributed by atoms with Crippen LogP contribution in [-0.2, 0) is 0 Å². The molecule has 1 rings (SSSR count). The third-order valence-electron chi connectivity index (χ3n) is 3.74. The molecule has 0 spiro atoms. The molecule has 0 radical (unpaired) electrons. The van der Waals surface area contributed by atoms with Crippen molar-refractivity contribution in [2.75, 3.05) is 6.54 Å². The van der Waals surface area contributed by atoms with Crippen LogP contribution in [0, 0.1) is 5.92 Å². The Balaban J connectivity index is 2.74. The van der Waals surface area contributed by atoms with Gasteiger partial charge >= 0.3 is 0 Å². The van der Waals surface area contributed by atoms with E-state index in [2.05, 4.69) is 18.8 Å². The average molecular weight is 250 g/mol. The van der Waals surface area contributed by atoms with Gasteiger partial charge in [0.1, 0.15) is 0 Å². The van der Waals surface area contributed by atoms with E-state index < -0.39 is 0 Å². The number of nitrogens with two attached hydrogens (primary N) is 1. The van der Waals surface area contributed by atoms with Gasteiger partial charge < -0.3 is 10.8 Å². The molecule has 1 aromatic rings. The van der Waals surface area contributed by atoms with Gasteiger partial charge in [-0.2, -0.15) is 0 Å². The molecule has 0 aliphatic heterocycles. The lowest BCUT2D eigenvalue weighted by molar-refractivity contribution is 0.0743. The van der Waals surface area contributed by atoms with Crippen molar-refractivity contribution < 1.29 is 5.11 Å². The molecule has 0 aromatic carbocycles. The van der Waals surface area contributed by atoms with Gasteiger partial charge in [-0.25, -0.2) is 0 Å². The first-order valence-electron chi connectivity index (χ1n) is 7.02. The first-order chi connectivity index (χ1) is 8.74. The Morgan fingerprint density at radius 2 is 1.94 bits per heavy atom. The van der Waals surface area contributed by atoms with Crippen molar-refractivity contribution in [3.05, 3.63) is 30.1 Å². The van der Waals surface area contributed by atoms with Crippen LogP contribution in [0.5, 0.6) is 0 Å². The molecule has 3 heteroatoms. The van der Waals surface area contributed by atoms with E-state index >= 15 is 0 Å². The molecule has 0 amide bonds. The predicted molar refractivity (Wildman–Crippen MR) is 75.3 cm³/mol. The normalized spacial score (nSPS) is 16.2. The minimum atomic E-state index is -0.353.